The van der Waals surface area contributed by atoms with Crippen LogP contribution in [0.3, 0.4) is 0 Å². The molecule has 5 rings (SSSR count). The summed E-state index contributed by atoms with van der Waals surface area (Å²) >= 11 is 0. The zero-order valence-corrected chi connectivity index (χ0v) is 17.2. The molecule has 1 amide bonds. The number of anilines is 1. The SMILES string of the molecule is Cc1ccccc1NC(=O)c1cc(C2CC2)nc2c1c(C)nn2Cc1ccccc1. The van der Waals surface area contributed by atoms with Gasteiger partial charge in [0.1, 0.15) is 0 Å². The Morgan fingerprint density at radius 3 is 2.53 bits per heavy atom. The molecule has 1 aliphatic rings. The first-order valence-electron chi connectivity index (χ1n) is 10.4. The summed E-state index contributed by atoms with van der Waals surface area (Å²) in [5, 5.41) is 8.67. The summed E-state index contributed by atoms with van der Waals surface area (Å²) in [6.45, 7) is 4.58. The van der Waals surface area contributed by atoms with Crippen LogP contribution >= 0.6 is 0 Å². The van der Waals surface area contributed by atoms with E-state index in [1.807, 2.05) is 67.1 Å². The summed E-state index contributed by atoms with van der Waals surface area (Å²) in [6.07, 6.45) is 2.26. The Labute approximate surface area is 175 Å². The molecule has 150 valence electrons. The van der Waals surface area contributed by atoms with Gasteiger partial charge in [-0.25, -0.2) is 9.67 Å². The average Bonchev–Trinajstić information content (AvgIpc) is 3.55. The molecule has 0 atom stereocenters. The van der Waals surface area contributed by atoms with E-state index in [2.05, 4.69) is 17.4 Å². The molecule has 4 aromatic rings. The van der Waals surface area contributed by atoms with E-state index in [-0.39, 0.29) is 5.91 Å². The highest BCUT2D eigenvalue weighted by atomic mass is 16.1. The maximum atomic E-state index is 13.3. The molecule has 0 saturated heterocycles. The van der Waals surface area contributed by atoms with E-state index in [1.165, 1.54) is 0 Å². The van der Waals surface area contributed by atoms with Crippen LogP contribution in [0.4, 0.5) is 5.69 Å². The standard InChI is InChI=1S/C25H24N4O/c1-16-8-6-7-11-21(16)27-25(30)20-14-22(19-12-13-19)26-24-23(20)17(2)28-29(24)15-18-9-4-3-5-10-18/h3-11,14,19H,12-13,15H2,1-2H3,(H,27,30). The monoisotopic (exact) mass is 396 g/mol. The van der Waals surface area contributed by atoms with E-state index in [9.17, 15) is 4.79 Å². The smallest absolute Gasteiger partial charge is 0.256 e. The molecule has 5 heteroatoms. The van der Waals surface area contributed by atoms with Crippen LogP contribution in [-0.4, -0.2) is 20.7 Å². The Kier molecular flexibility index (Phi) is 4.58. The quantitative estimate of drug-likeness (QED) is 0.503. The van der Waals surface area contributed by atoms with Crippen molar-refractivity contribution in [1.29, 1.82) is 0 Å². The molecule has 2 heterocycles. The highest BCUT2D eigenvalue weighted by Gasteiger charge is 2.29. The number of nitrogens with zero attached hydrogens (tertiary/aromatic N) is 3. The number of carbonyl (C=O) groups excluding carboxylic acids is 1. The average molecular weight is 396 g/mol. The van der Waals surface area contributed by atoms with Crippen molar-refractivity contribution < 1.29 is 4.79 Å². The minimum atomic E-state index is -0.110. The lowest BCUT2D eigenvalue weighted by molar-refractivity contribution is 0.102. The summed E-state index contributed by atoms with van der Waals surface area (Å²) in [7, 11) is 0. The van der Waals surface area contributed by atoms with Gasteiger partial charge in [-0.3, -0.25) is 4.79 Å². The minimum absolute atomic E-state index is 0.110. The number of nitrogens with one attached hydrogen (secondary N) is 1. The number of fused-ring (bicyclic) bond motifs is 1. The van der Waals surface area contributed by atoms with Gasteiger partial charge in [-0.15, -0.1) is 0 Å². The normalized spacial score (nSPS) is 13.5. The van der Waals surface area contributed by atoms with Gasteiger partial charge in [-0.05, 0) is 49.9 Å². The highest BCUT2D eigenvalue weighted by Crippen LogP contribution is 2.40. The van der Waals surface area contributed by atoms with Gasteiger partial charge in [-0.1, -0.05) is 48.5 Å². The van der Waals surface area contributed by atoms with Crippen molar-refractivity contribution in [3.05, 3.63) is 88.7 Å². The molecule has 1 N–H and O–H groups in total. The van der Waals surface area contributed by atoms with Crippen LogP contribution < -0.4 is 5.32 Å². The fourth-order valence-corrected chi connectivity index (χ4v) is 3.91. The summed E-state index contributed by atoms with van der Waals surface area (Å²) in [5.41, 5.74) is 6.28. The number of benzene rings is 2. The van der Waals surface area contributed by atoms with Crippen LogP contribution in [0.1, 0.15) is 51.6 Å². The molecule has 0 spiro atoms. The van der Waals surface area contributed by atoms with E-state index >= 15 is 0 Å². The Balaban J connectivity index is 1.60. The molecule has 30 heavy (non-hydrogen) atoms. The molecule has 0 unspecified atom stereocenters. The summed E-state index contributed by atoms with van der Waals surface area (Å²) in [6, 6.07) is 20.0. The Morgan fingerprint density at radius 1 is 1.07 bits per heavy atom. The van der Waals surface area contributed by atoms with Crippen LogP contribution in [0, 0.1) is 13.8 Å². The van der Waals surface area contributed by atoms with Gasteiger partial charge < -0.3 is 5.32 Å². The Morgan fingerprint density at radius 2 is 1.80 bits per heavy atom. The first-order valence-corrected chi connectivity index (χ1v) is 10.4. The highest BCUT2D eigenvalue weighted by molar-refractivity contribution is 6.13. The van der Waals surface area contributed by atoms with Crippen molar-refractivity contribution in [2.45, 2.75) is 39.2 Å². The summed E-state index contributed by atoms with van der Waals surface area (Å²) < 4.78 is 1.93. The maximum Gasteiger partial charge on any atom is 0.256 e. The number of amides is 1. The van der Waals surface area contributed by atoms with Crippen molar-refractivity contribution >= 4 is 22.6 Å². The van der Waals surface area contributed by atoms with E-state index in [0.717, 1.165) is 52.1 Å². The first-order chi connectivity index (χ1) is 14.6. The number of aromatic nitrogens is 3. The van der Waals surface area contributed by atoms with Crippen molar-refractivity contribution in [3.63, 3.8) is 0 Å². The van der Waals surface area contributed by atoms with Crippen LogP contribution in [0.5, 0.6) is 0 Å². The van der Waals surface area contributed by atoms with Crippen LogP contribution in [0.2, 0.25) is 0 Å². The van der Waals surface area contributed by atoms with Gasteiger partial charge in [0.15, 0.2) is 5.65 Å². The number of rotatable bonds is 5. The zero-order chi connectivity index (χ0) is 20.7. The van der Waals surface area contributed by atoms with E-state index in [4.69, 9.17) is 10.1 Å². The number of carbonyl (C=O) groups is 1. The largest absolute Gasteiger partial charge is 0.322 e. The van der Waals surface area contributed by atoms with E-state index < -0.39 is 0 Å². The molecule has 1 fully saturated rings. The molecule has 0 radical (unpaired) electrons. The number of pyridine rings is 1. The molecular formula is C25H24N4O. The van der Waals surface area contributed by atoms with Crippen molar-refractivity contribution in [2.75, 3.05) is 5.32 Å². The lowest BCUT2D eigenvalue weighted by Crippen LogP contribution is -2.14. The van der Waals surface area contributed by atoms with Gasteiger partial charge >= 0.3 is 0 Å². The third kappa shape index (κ3) is 3.47. The van der Waals surface area contributed by atoms with Crippen molar-refractivity contribution in [2.24, 2.45) is 0 Å². The minimum Gasteiger partial charge on any atom is -0.322 e. The Bertz CT molecular complexity index is 1240. The molecule has 2 aromatic heterocycles. The van der Waals surface area contributed by atoms with Gasteiger partial charge in [0, 0.05) is 17.3 Å². The molecular weight excluding hydrogens is 372 g/mol. The van der Waals surface area contributed by atoms with Gasteiger partial charge in [0.25, 0.3) is 5.91 Å². The third-order valence-corrected chi connectivity index (χ3v) is 5.71. The summed E-state index contributed by atoms with van der Waals surface area (Å²) in [5.74, 6) is 0.334. The maximum absolute atomic E-state index is 13.3. The number of aryl methyl sites for hydroxylation is 2. The number of hydrogen-bond donors (Lipinski definition) is 1. The second-order valence-electron chi connectivity index (χ2n) is 8.07. The molecule has 2 aromatic carbocycles. The van der Waals surface area contributed by atoms with Crippen LogP contribution in [0.15, 0.2) is 60.7 Å². The topological polar surface area (TPSA) is 59.8 Å². The number of para-hydroxylation sites is 1. The van der Waals surface area contributed by atoms with Crippen LogP contribution in [0.25, 0.3) is 11.0 Å². The van der Waals surface area contributed by atoms with Crippen molar-refractivity contribution in [1.82, 2.24) is 14.8 Å². The Hall–Kier alpha value is -3.47. The van der Waals surface area contributed by atoms with Gasteiger partial charge in [0.05, 0.1) is 23.2 Å². The molecule has 5 nitrogen and oxygen atoms in total. The van der Waals surface area contributed by atoms with Crippen molar-refractivity contribution in [3.8, 4) is 0 Å². The van der Waals surface area contributed by atoms with Crippen LogP contribution in [-0.2, 0) is 6.54 Å². The molecule has 1 aliphatic carbocycles. The zero-order valence-electron chi connectivity index (χ0n) is 17.2. The summed E-state index contributed by atoms with van der Waals surface area (Å²) in [4.78, 5) is 18.3. The molecule has 0 aliphatic heterocycles. The second-order valence-corrected chi connectivity index (χ2v) is 8.07. The third-order valence-electron chi connectivity index (χ3n) is 5.71. The van der Waals surface area contributed by atoms with E-state index in [1.54, 1.807) is 0 Å². The predicted molar refractivity (Wildman–Crippen MR) is 119 cm³/mol. The first kappa shape index (κ1) is 18.6. The second kappa shape index (κ2) is 7.41. The lowest BCUT2D eigenvalue weighted by atomic mass is 10.1. The molecule has 0 bridgehead atoms. The van der Waals surface area contributed by atoms with Gasteiger partial charge in [0.2, 0.25) is 0 Å². The number of hydrogen-bond acceptors (Lipinski definition) is 3. The fourth-order valence-electron chi connectivity index (χ4n) is 3.91. The fraction of sp³-hybridized carbons (Fsp3) is 0.240. The molecule has 1 saturated carbocycles. The lowest BCUT2D eigenvalue weighted by Gasteiger charge is -2.11. The predicted octanol–water partition coefficient (Wildman–Crippen LogP) is 5.23. The van der Waals surface area contributed by atoms with Gasteiger partial charge in [-0.2, -0.15) is 5.10 Å². The van der Waals surface area contributed by atoms with E-state index in [0.29, 0.717) is 18.0 Å².